The van der Waals surface area contributed by atoms with E-state index in [2.05, 4.69) is 0 Å². The Bertz CT molecular complexity index is 1090. The molecule has 0 amide bonds. The number of nitro benzene ring substituents is 1. The van der Waals surface area contributed by atoms with Gasteiger partial charge >= 0.3 is 0 Å². The maximum atomic E-state index is 12.4. The number of thioether (sulfide) groups is 1. The van der Waals surface area contributed by atoms with Crippen LogP contribution in [-0.4, -0.2) is 10.7 Å². The molecule has 0 N–H and O–H groups in total. The van der Waals surface area contributed by atoms with Crippen LogP contribution in [0.3, 0.4) is 0 Å². The zero-order chi connectivity index (χ0) is 18.3. The lowest BCUT2D eigenvalue weighted by atomic mass is 10.1. The predicted octanol–water partition coefficient (Wildman–Crippen LogP) is 5.84. The number of halogens is 1. The molecule has 0 radical (unpaired) electrons. The summed E-state index contributed by atoms with van der Waals surface area (Å²) in [6.07, 6.45) is 1.68. The van der Waals surface area contributed by atoms with Crippen molar-refractivity contribution in [3.63, 3.8) is 0 Å². The highest BCUT2D eigenvalue weighted by molar-refractivity contribution is 8.04. The van der Waals surface area contributed by atoms with Crippen molar-refractivity contribution in [3.05, 3.63) is 86.0 Å². The maximum Gasteiger partial charge on any atom is 0.288 e. The highest BCUT2D eigenvalue weighted by atomic mass is 35.5. The molecule has 0 fully saturated rings. The molecule has 3 aromatic rings. The van der Waals surface area contributed by atoms with Crippen molar-refractivity contribution in [1.82, 2.24) is 0 Å². The number of fused-ring (bicyclic) bond motifs is 1. The molecule has 5 nitrogen and oxygen atoms in total. The maximum absolute atomic E-state index is 12.4. The van der Waals surface area contributed by atoms with E-state index in [-0.39, 0.29) is 16.5 Å². The number of allylic oxidation sites excluding steroid dienone is 1. The molecule has 2 heterocycles. The Hall–Kier alpha value is -2.83. The first kappa shape index (κ1) is 16.6. The first-order valence-electron chi connectivity index (χ1n) is 7.60. The van der Waals surface area contributed by atoms with Crippen LogP contribution in [0.25, 0.3) is 17.4 Å². The predicted molar refractivity (Wildman–Crippen MR) is 100 cm³/mol. The van der Waals surface area contributed by atoms with E-state index < -0.39 is 4.92 Å². The third kappa shape index (κ3) is 2.94. The van der Waals surface area contributed by atoms with Gasteiger partial charge in [0.1, 0.15) is 16.5 Å². The van der Waals surface area contributed by atoms with E-state index >= 15 is 0 Å². The Morgan fingerprint density at radius 1 is 1.12 bits per heavy atom. The van der Waals surface area contributed by atoms with Crippen molar-refractivity contribution < 1.29 is 14.1 Å². The van der Waals surface area contributed by atoms with Crippen LogP contribution in [0.4, 0.5) is 5.69 Å². The van der Waals surface area contributed by atoms with Gasteiger partial charge in [-0.15, -0.1) is 0 Å². The molecule has 128 valence electrons. The largest absolute Gasteiger partial charge is 0.457 e. The Kier molecular flexibility index (Phi) is 4.14. The lowest BCUT2D eigenvalue weighted by Gasteiger charge is -1.99. The molecule has 1 aromatic heterocycles. The summed E-state index contributed by atoms with van der Waals surface area (Å²) in [4.78, 5) is 24.4. The number of hydrogen-bond donors (Lipinski definition) is 0. The Morgan fingerprint density at radius 2 is 1.92 bits per heavy atom. The highest BCUT2D eigenvalue weighted by Crippen LogP contribution is 2.41. The van der Waals surface area contributed by atoms with Crippen LogP contribution in [0, 0.1) is 10.1 Å². The van der Waals surface area contributed by atoms with Crippen LogP contribution >= 0.6 is 23.4 Å². The van der Waals surface area contributed by atoms with Crippen molar-refractivity contribution in [3.8, 4) is 11.3 Å². The Morgan fingerprint density at radius 3 is 2.69 bits per heavy atom. The summed E-state index contributed by atoms with van der Waals surface area (Å²) in [5, 5.41) is 11.1. The molecule has 1 aliphatic heterocycles. The van der Waals surface area contributed by atoms with Crippen LogP contribution in [0.2, 0.25) is 5.02 Å². The first-order chi connectivity index (χ1) is 12.5. The van der Waals surface area contributed by atoms with Crippen LogP contribution in [-0.2, 0) is 0 Å². The lowest BCUT2D eigenvalue weighted by molar-refractivity contribution is -0.384. The van der Waals surface area contributed by atoms with Crippen molar-refractivity contribution in [2.45, 2.75) is 4.90 Å². The van der Waals surface area contributed by atoms with Crippen LogP contribution in [0.5, 0.6) is 0 Å². The molecule has 7 heteroatoms. The van der Waals surface area contributed by atoms with Gasteiger partial charge in [0.15, 0.2) is 0 Å². The SMILES string of the molecule is O=C1C(=Cc2ccc(-c3ccc(Cl)c([N+](=O)[O-])c3)o2)Sc2ccccc21. The molecule has 0 aliphatic carbocycles. The monoisotopic (exact) mass is 383 g/mol. The molecule has 0 atom stereocenters. The first-order valence-corrected chi connectivity index (χ1v) is 8.80. The summed E-state index contributed by atoms with van der Waals surface area (Å²) in [7, 11) is 0. The van der Waals surface area contributed by atoms with E-state index in [0.717, 1.165) is 4.90 Å². The number of nitro groups is 1. The fourth-order valence-corrected chi connectivity index (χ4v) is 3.87. The lowest BCUT2D eigenvalue weighted by Crippen LogP contribution is -1.93. The molecule has 26 heavy (non-hydrogen) atoms. The number of hydrogen-bond acceptors (Lipinski definition) is 5. The van der Waals surface area contributed by atoms with Gasteiger partial charge in [0.25, 0.3) is 5.69 Å². The van der Waals surface area contributed by atoms with Crippen LogP contribution in [0.1, 0.15) is 16.1 Å². The van der Waals surface area contributed by atoms with Crippen molar-refractivity contribution >= 4 is 40.9 Å². The number of carbonyl (C=O) groups excluding carboxylic acids is 1. The number of Topliss-reactive ketones (excluding diaryl/α,β-unsaturated/α-hetero) is 1. The van der Waals surface area contributed by atoms with E-state index in [9.17, 15) is 14.9 Å². The molecular formula is C19H10ClNO4S. The number of carbonyl (C=O) groups is 1. The molecule has 0 saturated heterocycles. The van der Waals surface area contributed by atoms with Gasteiger partial charge in [-0.05, 0) is 42.5 Å². The minimum absolute atomic E-state index is 0.0364. The van der Waals surface area contributed by atoms with Crippen LogP contribution in [0.15, 0.2) is 68.8 Å². The van der Waals surface area contributed by atoms with Gasteiger partial charge in [0.2, 0.25) is 5.78 Å². The Balaban J connectivity index is 1.65. The van der Waals surface area contributed by atoms with Crippen molar-refractivity contribution in [2.75, 3.05) is 0 Å². The smallest absolute Gasteiger partial charge is 0.288 e. The van der Waals surface area contributed by atoms with E-state index in [1.807, 2.05) is 18.2 Å². The minimum atomic E-state index is -0.539. The summed E-state index contributed by atoms with van der Waals surface area (Å²) in [6.45, 7) is 0. The van der Waals surface area contributed by atoms with E-state index in [4.69, 9.17) is 16.0 Å². The van der Waals surface area contributed by atoms with Crippen LogP contribution < -0.4 is 0 Å². The van der Waals surface area contributed by atoms with Gasteiger partial charge in [-0.2, -0.15) is 0 Å². The molecular weight excluding hydrogens is 374 g/mol. The molecule has 2 aromatic carbocycles. The molecule has 1 aliphatic rings. The van der Waals surface area contributed by atoms with E-state index in [1.54, 1.807) is 30.3 Å². The van der Waals surface area contributed by atoms with E-state index in [0.29, 0.717) is 27.6 Å². The number of ketones is 1. The van der Waals surface area contributed by atoms with Gasteiger partial charge in [0, 0.05) is 22.1 Å². The fourth-order valence-electron chi connectivity index (χ4n) is 2.66. The second-order valence-electron chi connectivity index (χ2n) is 5.56. The zero-order valence-electron chi connectivity index (χ0n) is 13.1. The standard InChI is InChI=1S/C19H10ClNO4S/c20-14-7-5-11(9-15(14)21(23)24)16-8-6-12(25-16)10-18-19(22)13-3-1-2-4-17(13)26-18/h1-10H. The summed E-state index contributed by atoms with van der Waals surface area (Å²) in [5.74, 6) is 0.927. The van der Waals surface area contributed by atoms with Gasteiger partial charge in [-0.3, -0.25) is 14.9 Å². The normalized spacial score (nSPS) is 14.7. The Labute approximate surface area is 157 Å². The second kappa shape index (κ2) is 6.48. The second-order valence-corrected chi connectivity index (χ2v) is 7.05. The number of furan rings is 1. The number of nitrogens with zero attached hydrogens (tertiary/aromatic N) is 1. The molecule has 0 unspecified atom stereocenters. The topological polar surface area (TPSA) is 73.3 Å². The van der Waals surface area contributed by atoms with Gasteiger partial charge in [-0.1, -0.05) is 35.5 Å². The highest BCUT2D eigenvalue weighted by Gasteiger charge is 2.25. The van der Waals surface area contributed by atoms with Crippen molar-refractivity contribution in [1.29, 1.82) is 0 Å². The molecule has 4 rings (SSSR count). The summed E-state index contributed by atoms with van der Waals surface area (Å²) >= 11 is 7.23. The fraction of sp³-hybridized carbons (Fsp3) is 0. The molecule has 0 saturated carbocycles. The summed E-state index contributed by atoms with van der Waals surface area (Å²) in [5.41, 5.74) is 1.04. The molecule has 0 bridgehead atoms. The van der Waals surface area contributed by atoms with Gasteiger partial charge in [-0.25, -0.2) is 0 Å². The van der Waals surface area contributed by atoms with Crippen molar-refractivity contribution in [2.24, 2.45) is 0 Å². The van der Waals surface area contributed by atoms with Gasteiger partial charge < -0.3 is 4.42 Å². The average molecular weight is 384 g/mol. The third-order valence-electron chi connectivity index (χ3n) is 3.90. The average Bonchev–Trinajstić information content (AvgIpc) is 3.21. The minimum Gasteiger partial charge on any atom is -0.457 e. The third-order valence-corrected chi connectivity index (χ3v) is 5.32. The summed E-state index contributed by atoms with van der Waals surface area (Å²) in [6, 6.07) is 15.3. The number of rotatable bonds is 3. The molecule has 0 spiro atoms. The van der Waals surface area contributed by atoms with Gasteiger partial charge in [0.05, 0.1) is 9.83 Å². The van der Waals surface area contributed by atoms with E-state index in [1.165, 1.54) is 23.9 Å². The quantitative estimate of drug-likeness (QED) is 0.323. The summed E-state index contributed by atoms with van der Waals surface area (Å²) < 4.78 is 5.75. The number of benzene rings is 2. The zero-order valence-corrected chi connectivity index (χ0v) is 14.7.